The number of ketones is 1. The molecule has 82 valence electrons. The predicted octanol–water partition coefficient (Wildman–Crippen LogP) is 2.42. The quantitative estimate of drug-likeness (QED) is 0.622. The maximum absolute atomic E-state index is 12.5. The highest BCUT2D eigenvalue weighted by atomic mass is 19.3. The Labute approximate surface area is 85.8 Å². The summed E-state index contributed by atoms with van der Waals surface area (Å²) < 4.78 is 29.8. The molecule has 5 heteroatoms. The zero-order valence-corrected chi connectivity index (χ0v) is 8.38. The normalized spacial score (nSPS) is 10.5. The molecule has 3 nitrogen and oxygen atoms in total. The zero-order chi connectivity index (χ0) is 11.6. The van der Waals surface area contributed by atoms with Gasteiger partial charge in [0.05, 0.1) is 18.4 Å². The molecule has 0 aliphatic heterocycles. The Hall–Kier alpha value is -1.65. The monoisotopic (exact) mass is 215 g/mol. The number of hydrogen-bond acceptors (Lipinski definition) is 3. The van der Waals surface area contributed by atoms with E-state index in [1.165, 1.54) is 20.1 Å². The second-order valence-electron chi connectivity index (χ2n) is 3.01. The first-order valence-electron chi connectivity index (χ1n) is 4.24. The molecule has 0 spiro atoms. The highest BCUT2D eigenvalue weighted by Crippen LogP contribution is 2.35. The lowest BCUT2D eigenvalue weighted by Crippen LogP contribution is -2.04. The van der Waals surface area contributed by atoms with Gasteiger partial charge in [-0.1, -0.05) is 6.07 Å². The molecule has 1 aromatic carbocycles. The van der Waals surface area contributed by atoms with E-state index in [0.717, 1.165) is 6.07 Å². The van der Waals surface area contributed by atoms with Gasteiger partial charge in [0.2, 0.25) is 0 Å². The second kappa shape index (κ2) is 4.25. The number of rotatable bonds is 3. The Morgan fingerprint density at radius 1 is 1.47 bits per heavy atom. The van der Waals surface area contributed by atoms with E-state index in [0.29, 0.717) is 0 Å². The molecule has 0 bridgehead atoms. The summed E-state index contributed by atoms with van der Waals surface area (Å²) in [6, 6.07) is 2.43. The van der Waals surface area contributed by atoms with Gasteiger partial charge in [0.25, 0.3) is 6.43 Å². The largest absolute Gasteiger partial charge is 0.494 e. The third kappa shape index (κ3) is 2.06. The molecule has 0 aliphatic rings. The van der Waals surface area contributed by atoms with Crippen molar-refractivity contribution < 1.29 is 18.3 Å². The number of ether oxygens (including phenoxy) is 1. The molecule has 15 heavy (non-hydrogen) atoms. The van der Waals surface area contributed by atoms with Gasteiger partial charge in [-0.05, 0) is 13.0 Å². The maximum Gasteiger partial charge on any atom is 0.265 e. The number of carbonyl (C=O) groups excluding carboxylic acids is 1. The zero-order valence-electron chi connectivity index (χ0n) is 8.38. The molecule has 0 unspecified atom stereocenters. The van der Waals surface area contributed by atoms with Crippen LogP contribution in [0.2, 0.25) is 0 Å². The number of Topliss-reactive ketones (excluding diaryl/α,β-unsaturated/α-hetero) is 1. The van der Waals surface area contributed by atoms with Gasteiger partial charge in [-0.15, -0.1) is 0 Å². The number of nitrogens with two attached hydrogens (primary N) is 1. The van der Waals surface area contributed by atoms with E-state index in [1.807, 2.05) is 0 Å². The molecule has 0 aliphatic carbocycles. The highest BCUT2D eigenvalue weighted by Gasteiger charge is 2.19. The van der Waals surface area contributed by atoms with Crippen molar-refractivity contribution in [2.75, 3.05) is 12.8 Å². The van der Waals surface area contributed by atoms with Crippen LogP contribution in [-0.4, -0.2) is 12.9 Å². The van der Waals surface area contributed by atoms with Crippen LogP contribution in [0.3, 0.4) is 0 Å². The molecule has 0 radical (unpaired) electrons. The van der Waals surface area contributed by atoms with Crippen molar-refractivity contribution >= 4 is 11.5 Å². The Kier molecular flexibility index (Phi) is 3.24. The van der Waals surface area contributed by atoms with Crippen molar-refractivity contribution in [3.63, 3.8) is 0 Å². The molecule has 0 heterocycles. The minimum atomic E-state index is -2.68. The Bertz CT molecular complexity index is 391. The third-order valence-corrected chi connectivity index (χ3v) is 2.05. The van der Waals surface area contributed by atoms with Crippen molar-refractivity contribution in [2.24, 2.45) is 0 Å². The summed E-state index contributed by atoms with van der Waals surface area (Å²) in [6.07, 6.45) is -2.68. The van der Waals surface area contributed by atoms with Crippen LogP contribution in [0.5, 0.6) is 5.75 Å². The summed E-state index contributed by atoms with van der Waals surface area (Å²) in [6.45, 7) is 1.32. The fourth-order valence-electron chi connectivity index (χ4n) is 1.30. The number of carbonyl (C=O) groups is 1. The molecular formula is C10H11F2NO2. The topological polar surface area (TPSA) is 52.3 Å². The van der Waals surface area contributed by atoms with Crippen molar-refractivity contribution in [2.45, 2.75) is 13.3 Å². The minimum absolute atomic E-state index is 0.0142. The lowest BCUT2D eigenvalue weighted by Gasteiger charge is -2.12. The molecule has 2 N–H and O–H groups in total. The van der Waals surface area contributed by atoms with Gasteiger partial charge >= 0.3 is 0 Å². The van der Waals surface area contributed by atoms with Crippen LogP contribution < -0.4 is 10.5 Å². The number of halogens is 2. The van der Waals surface area contributed by atoms with Crippen molar-refractivity contribution in [1.29, 1.82) is 0 Å². The van der Waals surface area contributed by atoms with Crippen molar-refractivity contribution in [1.82, 2.24) is 0 Å². The number of nitrogen functional groups attached to an aromatic ring is 1. The standard InChI is InChI=1S/C10H11F2NO2/c1-5(14)6-3-4-7(10(11)12)8(13)9(6)15-2/h3-4,10H,13H2,1-2H3. The van der Waals surface area contributed by atoms with Gasteiger partial charge in [-0.3, -0.25) is 4.79 Å². The van der Waals surface area contributed by atoms with Crippen LogP contribution >= 0.6 is 0 Å². The molecule has 1 aromatic rings. The van der Waals surface area contributed by atoms with E-state index < -0.39 is 6.43 Å². The van der Waals surface area contributed by atoms with Crippen LogP contribution in [0, 0.1) is 0 Å². The smallest absolute Gasteiger partial charge is 0.265 e. The van der Waals surface area contributed by atoms with E-state index in [1.54, 1.807) is 0 Å². The minimum Gasteiger partial charge on any atom is -0.494 e. The Morgan fingerprint density at radius 2 is 2.07 bits per heavy atom. The van der Waals surface area contributed by atoms with Crippen LogP contribution in [0.15, 0.2) is 12.1 Å². The van der Waals surface area contributed by atoms with E-state index in [9.17, 15) is 13.6 Å². The molecule has 1 rings (SSSR count). The van der Waals surface area contributed by atoms with E-state index in [4.69, 9.17) is 10.5 Å². The fraction of sp³-hybridized carbons (Fsp3) is 0.300. The average Bonchev–Trinajstić information content (AvgIpc) is 2.16. The first-order chi connectivity index (χ1) is 6.99. The fourth-order valence-corrected chi connectivity index (χ4v) is 1.30. The van der Waals surface area contributed by atoms with Gasteiger partial charge in [-0.2, -0.15) is 0 Å². The maximum atomic E-state index is 12.5. The third-order valence-electron chi connectivity index (χ3n) is 2.05. The molecule has 0 amide bonds. The van der Waals surface area contributed by atoms with E-state index in [2.05, 4.69) is 0 Å². The summed E-state index contributed by atoms with van der Waals surface area (Å²) in [5.41, 5.74) is 5.18. The summed E-state index contributed by atoms with van der Waals surface area (Å²) in [5, 5.41) is 0. The van der Waals surface area contributed by atoms with Crippen molar-refractivity contribution in [3.8, 4) is 5.75 Å². The van der Waals surface area contributed by atoms with E-state index in [-0.39, 0.29) is 28.3 Å². The summed E-state index contributed by atoms with van der Waals surface area (Å²) >= 11 is 0. The van der Waals surface area contributed by atoms with Gasteiger partial charge < -0.3 is 10.5 Å². The molecule has 0 saturated heterocycles. The highest BCUT2D eigenvalue weighted by molar-refractivity contribution is 5.98. The summed E-state index contributed by atoms with van der Waals surface area (Å²) in [4.78, 5) is 11.1. The van der Waals surface area contributed by atoms with Gasteiger partial charge in [-0.25, -0.2) is 8.78 Å². The number of alkyl halides is 2. The number of hydrogen-bond donors (Lipinski definition) is 1. The van der Waals surface area contributed by atoms with Gasteiger partial charge in [0.1, 0.15) is 0 Å². The molecule has 0 fully saturated rings. The lowest BCUT2D eigenvalue weighted by atomic mass is 10.1. The number of anilines is 1. The predicted molar refractivity (Wildman–Crippen MR) is 52.4 cm³/mol. The van der Waals surface area contributed by atoms with E-state index >= 15 is 0 Å². The van der Waals surface area contributed by atoms with Crippen LogP contribution in [0.1, 0.15) is 29.3 Å². The van der Waals surface area contributed by atoms with Gasteiger partial charge in [0, 0.05) is 5.56 Å². The van der Waals surface area contributed by atoms with Crippen LogP contribution in [0.4, 0.5) is 14.5 Å². The molecule has 0 atom stereocenters. The van der Waals surface area contributed by atoms with Crippen LogP contribution in [-0.2, 0) is 0 Å². The number of benzene rings is 1. The van der Waals surface area contributed by atoms with Crippen LogP contribution in [0.25, 0.3) is 0 Å². The number of methoxy groups -OCH3 is 1. The molecule has 0 aromatic heterocycles. The molecule has 0 saturated carbocycles. The van der Waals surface area contributed by atoms with Gasteiger partial charge in [0.15, 0.2) is 11.5 Å². The lowest BCUT2D eigenvalue weighted by molar-refractivity contribution is 0.101. The summed E-state index contributed by atoms with van der Waals surface area (Å²) in [5.74, 6) is -0.264. The van der Waals surface area contributed by atoms with Crippen molar-refractivity contribution in [3.05, 3.63) is 23.3 Å². The molecular weight excluding hydrogens is 204 g/mol. The first-order valence-corrected chi connectivity index (χ1v) is 4.24. The summed E-state index contributed by atoms with van der Waals surface area (Å²) in [7, 11) is 1.29. The first kappa shape index (κ1) is 11.4. The Balaban J connectivity index is 3.39. The average molecular weight is 215 g/mol. The SMILES string of the molecule is COc1c(C(C)=O)ccc(C(F)F)c1N. The Morgan fingerprint density at radius 3 is 2.47 bits per heavy atom. The second-order valence-corrected chi connectivity index (χ2v) is 3.01.